The third-order valence-electron chi connectivity index (χ3n) is 19.3. The predicted octanol–water partition coefficient (Wildman–Crippen LogP) is 19.5. The molecule has 4 aliphatic heterocycles. The third kappa shape index (κ3) is 33.3. The van der Waals surface area contributed by atoms with Crippen LogP contribution in [0.3, 0.4) is 0 Å². The van der Waals surface area contributed by atoms with E-state index in [1.165, 1.54) is 102 Å². The SMILES string of the molecule is CC(C)(C)C1CC(O)C1.CC(C)(C)C1CC1.CC(C)(C)C1CCC1.CC(C)(C)C1COC1.CC(C)(C)c1cccnc1.CC(C)(C)c1ccncc1.CN1CC(C(C)(C)C)C1.CN1CCC(C(C)(C)C)C1.CN1CCC(C(C)(C)C)CC1. The number of piperidine rings is 1. The van der Waals surface area contributed by atoms with Crippen LogP contribution in [0, 0.1) is 79.3 Å². The molecule has 2 aromatic rings. The highest BCUT2D eigenvalue weighted by Gasteiger charge is 2.37. The highest BCUT2D eigenvalue weighted by atomic mass is 16.5. The first kappa shape index (κ1) is 78.1. The molecule has 7 heteroatoms. The number of aliphatic hydroxyl groups excluding tert-OH is 1. The first-order chi connectivity index (χ1) is 37.0. The second-order valence-corrected chi connectivity index (χ2v) is 36.2. The molecular formula is C75H143N5O2. The lowest BCUT2D eigenvalue weighted by atomic mass is 9.67. The zero-order chi connectivity index (χ0) is 63.5. The molecule has 7 nitrogen and oxygen atoms in total. The molecule has 7 aliphatic rings. The van der Waals surface area contributed by atoms with Crippen molar-refractivity contribution in [1.82, 2.24) is 24.7 Å². The summed E-state index contributed by atoms with van der Waals surface area (Å²) in [7, 11) is 6.62. The van der Waals surface area contributed by atoms with E-state index >= 15 is 0 Å². The van der Waals surface area contributed by atoms with Gasteiger partial charge in [0, 0.05) is 50.3 Å². The van der Waals surface area contributed by atoms with Gasteiger partial charge in [-0.3, -0.25) is 9.97 Å². The van der Waals surface area contributed by atoms with Crippen LogP contribution in [-0.4, -0.2) is 110 Å². The molecule has 0 spiro atoms. The van der Waals surface area contributed by atoms with E-state index in [1.807, 2.05) is 24.7 Å². The van der Waals surface area contributed by atoms with Crippen LogP contribution in [0.15, 0.2) is 49.1 Å². The summed E-state index contributed by atoms with van der Waals surface area (Å²) in [6.07, 6.45) is 21.0. The molecule has 0 radical (unpaired) electrons. The smallest absolute Gasteiger partial charge is 0.0546 e. The maximum Gasteiger partial charge on any atom is 0.0546 e. The van der Waals surface area contributed by atoms with Crippen LogP contribution >= 0.6 is 0 Å². The van der Waals surface area contributed by atoms with Crippen LogP contribution in [0.5, 0.6) is 0 Å². The molecule has 4 saturated heterocycles. The van der Waals surface area contributed by atoms with Crippen LogP contribution in [0.25, 0.3) is 0 Å². The van der Waals surface area contributed by atoms with E-state index in [2.05, 4.69) is 251 Å². The molecule has 1 N–H and O–H groups in total. The minimum Gasteiger partial charge on any atom is -0.393 e. The summed E-state index contributed by atoms with van der Waals surface area (Å²) in [5, 5.41) is 8.98. The number of nitrogens with zero attached hydrogens (tertiary/aromatic N) is 5. The molecule has 3 aliphatic carbocycles. The fraction of sp³-hybridized carbons (Fsp3) is 0.867. The quantitative estimate of drug-likeness (QED) is 0.282. The Labute approximate surface area is 513 Å². The molecule has 3 saturated carbocycles. The molecule has 0 bridgehead atoms. The fourth-order valence-corrected chi connectivity index (χ4v) is 10.7. The minimum atomic E-state index is 0.00854. The van der Waals surface area contributed by atoms with E-state index in [1.54, 1.807) is 6.20 Å². The molecule has 7 fully saturated rings. The number of rotatable bonds is 0. The Morgan fingerprint density at radius 1 is 0.378 bits per heavy atom. The van der Waals surface area contributed by atoms with E-state index < -0.39 is 0 Å². The van der Waals surface area contributed by atoms with Crippen LogP contribution in [-0.2, 0) is 15.6 Å². The molecule has 1 atom stereocenters. The summed E-state index contributed by atoms with van der Waals surface area (Å²) in [6.45, 7) is 71.5. The summed E-state index contributed by atoms with van der Waals surface area (Å²) in [6, 6.07) is 8.19. The molecule has 2 aromatic heterocycles. The number of likely N-dealkylation sites (tertiary alicyclic amines) is 3. The molecule has 1 unspecified atom stereocenters. The van der Waals surface area contributed by atoms with Crippen LogP contribution < -0.4 is 0 Å². The van der Waals surface area contributed by atoms with Crippen LogP contribution in [0.4, 0.5) is 0 Å². The predicted molar refractivity (Wildman–Crippen MR) is 362 cm³/mol. The Morgan fingerprint density at radius 2 is 0.744 bits per heavy atom. The van der Waals surface area contributed by atoms with Crippen molar-refractivity contribution >= 4 is 0 Å². The van der Waals surface area contributed by atoms with E-state index in [0.717, 1.165) is 67.5 Å². The monoisotopic (exact) mass is 1150 g/mol. The average molecular weight is 1150 g/mol. The molecule has 0 amide bonds. The van der Waals surface area contributed by atoms with Crippen molar-refractivity contribution in [2.75, 3.05) is 73.6 Å². The van der Waals surface area contributed by atoms with Gasteiger partial charge >= 0.3 is 0 Å². The molecular weight excluding hydrogens is 1000 g/mol. The number of hydrogen-bond acceptors (Lipinski definition) is 7. The third-order valence-corrected chi connectivity index (χ3v) is 19.3. The lowest BCUT2D eigenvalue weighted by molar-refractivity contribution is -0.0821. The number of pyridine rings is 2. The van der Waals surface area contributed by atoms with E-state index in [-0.39, 0.29) is 16.9 Å². The average Bonchev–Trinajstić information content (AvgIpc) is 4.03. The highest BCUT2D eigenvalue weighted by molar-refractivity contribution is 5.19. The number of aliphatic hydroxyl groups is 1. The fourth-order valence-electron chi connectivity index (χ4n) is 10.7. The van der Waals surface area contributed by atoms with Gasteiger partial charge in [0.25, 0.3) is 0 Å². The molecule has 480 valence electrons. The zero-order valence-corrected chi connectivity index (χ0v) is 60.6. The summed E-state index contributed by atoms with van der Waals surface area (Å²) in [5.41, 5.74) is 6.78. The van der Waals surface area contributed by atoms with E-state index in [0.29, 0.717) is 37.9 Å². The number of ether oxygens (including phenoxy) is 1. The Balaban J connectivity index is 0.000000462. The first-order valence-corrected chi connectivity index (χ1v) is 33.1. The molecule has 0 aromatic carbocycles. The molecule has 6 heterocycles. The Morgan fingerprint density at radius 3 is 0.915 bits per heavy atom. The van der Waals surface area contributed by atoms with Crippen LogP contribution in [0.2, 0.25) is 0 Å². The standard InChI is InChI=1S/C10H21N.C9H19N.2C9H13N.C8H17N.C8H16O.C8H16.C7H14O.C7H14/c1-10(2,3)9-5-7-11(4)8-6-9;1-9(2,3)8-5-6-10(4)7-8;1-9(2,3)8-4-6-10-7-5-8;1-9(2,3)8-5-4-6-10-7-8;1-8(2,3)7-5-9(4)6-7;1-8(2,3)6-4-7(9)5-6;1-8(2,3)7-5-4-6-7;1-7(2,3)6-4-8-5-6;1-7(2,3)6-4-5-6/h9H,5-8H2,1-4H3;8H,5-7H2,1-4H3;2*4-7H,1-3H3;7H,5-6H2,1-4H3;6-7,9H,4-5H2,1-3H3;7H,4-6H2,1-3H3;6H,4-5H2,1-3H3;6H,4-5H2,1-3H3. The maximum absolute atomic E-state index is 8.98. The van der Waals surface area contributed by atoms with Gasteiger partial charge in [0.05, 0.1) is 19.3 Å². The largest absolute Gasteiger partial charge is 0.393 e. The van der Waals surface area contributed by atoms with Crippen molar-refractivity contribution in [3.05, 3.63) is 60.2 Å². The van der Waals surface area contributed by atoms with Gasteiger partial charge in [-0.05, 0) is 212 Å². The summed E-state index contributed by atoms with van der Waals surface area (Å²) >= 11 is 0. The summed E-state index contributed by atoms with van der Waals surface area (Å²) < 4.78 is 5.06. The molecule has 82 heavy (non-hydrogen) atoms. The van der Waals surface area contributed by atoms with Crippen molar-refractivity contribution in [3.8, 4) is 0 Å². The van der Waals surface area contributed by atoms with Crippen molar-refractivity contribution in [2.45, 2.75) is 268 Å². The zero-order valence-electron chi connectivity index (χ0n) is 60.6. The number of aromatic nitrogens is 2. The first-order valence-electron chi connectivity index (χ1n) is 33.1. The lowest BCUT2D eigenvalue weighted by Gasteiger charge is -2.44. The van der Waals surface area contributed by atoms with Gasteiger partial charge in [0.1, 0.15) is 0 Å². The summed E-state index contributed by atoms with van der Waals surface area (Å²) in [5.74, 6) is 6.43. The number of hydrogen-bond donors (Lipinski definition) is 1. The van der Waals surface area contributed by atoms with Crippen molar-refractivity contribution in [2.24, 2.45) is 79.3 Å². The van der Waals surface area contributed by atoms with Gasteiger partial charge in [0.15, 0.2) is 0 Å². The normalized spacial score (nSPS) is 22.6. The molecule has 9 rings (SSSR count). The van der Waals surface area contributed by atoms with Gasteiger partial charge in [0.2, 0.25) is 0 Å². The highest BCUT2D eigenvalue weighted by Crippen LogP contribution is 2.45. The second-order valence-electron chi connectivity index (χ2n) is 36.2. The van der Waals surface area contributed by atoms with Crippen molar-refractivity contribution < 1.29 is 9.84 Å². The second kappa shape index (κ2) is 33.4. The van der Waals surface area contributed by atoms with Crippen molar-refractivity contribution in [1.29, 1.82) is 0 Å². The lowest BCUT2D eigenvalue weighted by Crippen LogP contribution is -2.49. The summed E-state index contributed by atoms with van der Waals surface area (Å²) in [4.78, 5) is 15.2. The van der Waals surface area contributed by atoms with E-state index in [9.17, 15) is 0 Å². The topological polar surface area (TPSA) is 65.0 Å². The van der Waals surface area contributed by atoms with E-state index in [4.69, 9.17) is 9.84 Å². The maximum atomic E-state index is 8.98. The van der Waals surface area contributed by atoms with Gasteiger partial charge < -0.3 is 24.5 Å². The Bertz CT molecular complexity index is 1820. The Kier molecular flexibility index (Phi) is 31.9. The van der Waals surface area contributed by atoms with Gasteiger partial charge in [-0.1, -0.05) is 199 Å². The van der Waals surface area contributed by atoms with Crippen LogP contribution in [0.1, 0.15) is 262 Å². The van der Waals surface area contributed by atoms with Gasteiger partial charge in [-0.15, -0.1) is 0 Å². The van der Waals surface area contributed by atoms with Gasteiger partial charge in [-0.25, -0.2) is 0 Å². The Hall–Kier alpha value is -1.90. The van der Waals surface area contributed by atoms with Gasteiger partial charge in [-0.2, -0.15) is 0 Å². The van der Waals surface area contributed by atoms with Crippen molar-refractivity contribution in [3.63, 3.8) is 0 Å². The minimum absolute atomic E-state index is 0.00854.